The molecule has 7 rings (SSSR count). The van der Waals surface area contributed by atoms with Crippen molar-refractivity contribution in [2.75, 3.05) is 0 Å². The molecule has 3 aromatic rings. The maximum absolute atomic E-state index is 14.0. The minimum atomic E-state index is 0.0288. The van der Waals surface area contributed by atoms with E-state index >= 15 is 0 Å². The van der Waals surface area contributed by atoms with Crippen LogP contribution in [0.25, 0.3) is 16.9 Å². The molecule has 1 unspecified atom stereocenters. The van der Waals surface area contributed by atoms with Crippen molar-refractivity contribution < 1.29 is 4.79 Å². The number of hydrogen-bond acceptors (Lipinski definition) is 2. The second-order valence-corrected chi connectivity index (χ2v) is 11.1. The van der Waals surface area contributed by atoms with E-state index in [0.717, 1.165) is 46.8 Å². The van der Waals surface area contributed by atoms with Crippen LogP contribution in [-0.4, -0.2) is 21.7 Å². The lowest BCUT2D eigenvalue weighted by atomic mass is 9.47. The van der Waals surface area contributed by atoms with Gasteiger partial charge in [0.25, 0.3) is 5.91 Å². The van der Waals surface area contributed by atoms with Crippen molar-refractivity contribution in [3.8, 4) is 16.9 Å². The van der Waals surface area contributed by atoms with E-state index in [2.05, 4.69) is 12.2 Å². The second kappa shape index (κ2) is 8.41. The van der Waals surface area contributed by atoms with E-state index in [1.807, 2.05) is 72.3 Å². The Balaban J connectivity index is 1.37. The minimum absolute atomic E-state index is 0.0288. The molecule has 0 radical (unpaired) electrons. The predicted octanol–water partition coefficient (Wildman–Crippen LogP) is 6.57. The van der Waals surface area contributed by atoms with Crippen LogP contribution in [0.15, 0.2) is 60.7 Å². The molecule has 4 fully saturated rings. The van der Waals surface area contributed by atoms with Gasteiger partial charge in [-0.2, -0.15) is 5.10 Å². The lowest BCUT2D eigenvalue weighted by Gasteiger charge is -2.59. The number of nitrogens with one attached hydrogen (secondary N) is 1. The van der Waals surface area contributed by atoms with E-state index in [1.54, 1.807) is 0 Å². The third kappa shape index (κ3) is 3.59. The molecule has 176 valence electrons. The van der Waals surface area contributed by atoms with Gasteiger partial charge in [-0.05, 0) is 87.2 Å². The molecule has 34 heavy (non-hydrogen) atoms. The summed E-state index contributed by atoms with van der Waals surface area (Å²) < 4.78 is 1.92. The Morgan fingerprint density at radius 3 is 2.09 bits per heavy atom. The molecular formula is C30H35N3O. The molecule has 1 amide bonds. The van der Waals surface area contributed by atoms with Gasteiger partial charge in [-0.25, -0.2) is 4.68 Å². The first-order chi connectivity index (χ1) is 16.6. The molecular weight excluding hydrogens is 418 g/mol. The highest BCUT2D eigenvalue weighted by atomic mass is 16.1. The van der Waals surface area contributed by atoms with Gasteiger partial charge in [-0.3, -0.25) is 4.79 Å². The summed E-state index contributed by atoms with van der Waals surface area (Å²) in [6.45, 7) is 4.27. The van der Waals surface area contributed by atoms with Crippen LogP contribution >= 0.6 is 0 Å². The van der Waals surface area contributed by atoms with Crippen molar-refractivity contribution in [3.63, 3.8) is 0 Å². The topological polar surface area (TPSA) is 46.9 Å². The highest BCUT2D eigenvalue weighted by Crippen LogP contribution is 2.61. The molecule has 4 bridgehead atoms. The number of para-hydroxylation sites is 1. The summed E-state index contributed by atoms with van der Waals surface area (Å²) in [6.07, 6.45) is 9.15. The summed E-state index contributed by atoms with van der Waals surface area (Å²) in [6, 6.07) is 20.5. The van der Waals surface area contributed by atoms with Crippen molar-refractivity contribution >= 4 is 5.91 Å². The Labute approximate surface area is 202 Å². The van der Waals surface area contributed by atoms with Crippen molar-refractivity contribution in [2.45, 2.75) is 64.8 Å². The fourth-order valence-corrected chi connectivity index (χ4v) is 7.92. The SMILES string of the molecule is CCC(NC(=O)c1c(-c2ccccc2)nn(-c2ccccc2)c1C)C12CC3CC(CC(C3)C1)C2. The van der Waals surface area contributed by atoms with Gasteiger partial charge < -0.3 is 5.32 Å². The molecule has 4 nitrogen and oxygen atoms in total. The molecule has 1 N–H and O–H groups in total. The fraction of sp³-hybridized carbons (Fsp3) is 0.467. The van der Waals surface area contributed by atoms with E-state index in [1.165, 1.54) is 38.5 Å². The molecule has 1 aromatic heterocycles. The monoisotopic (exact) mass is 453 g/mol. The Bertz CT molecular complexity index is 1150. The average Bonchev–Trinajstić information content (AvgIpc) is 3.19. The Morgan fingerprint density at radius 2 is 1.53 bits per heavy atom. The van der Waals surface area contributed by atoms with E-state index < -0.39 is 0 Å². The van der Waals surface area contributed by atoms with E-state index in [-0.39, 0.29) is 17.4 Å². The van der Waals surface area contributed by atoms with Gasteiger partial charge in [0.05, 0.1) is 16.9 Å². The third-order valence-corrected chi connectivity index (χ3v) is 8.93. The molecule has 4 aliphatic rings. The number of nitrogens with zero attached hydrogens (tertiary/aromatic N) is 2. The number of aromatic nitrogens is 2. The van der Waals surface area contributed by atoms with Crippen LogP contribution in [-0.2, 0) is 0 Å². The molecule has 4 aliphatic carbocycles. The Kier molecular flexibility index (Phi) is 5.35. The smallest absolute Gasteiger partial charge is 0.255 e. The molecule has 1 atom stereocenters. The van der Waals surface area contributed by atoms with Gasteiger partial charge in [0.1, 0.15) is 5.69 Å². The number of amides is 1. The summed E-state index contributed by atoms with van der Waals surface area (Å²) in [7, 11) is 0. The van der Waals surface area contributed by atoms with Crippen molar-refractivity contribution in [2.24, 2.45) is 23.2 Å². The van der Waals surface area contributed by atoms with Crippen LogP contribution < -0.4 is 5.32 Å². The summed E-state index contributed by atoms with van der Waals surface area (Å²) in [4.78, 5) is 14.0. The Hall–Kier alpha value is -2.88. The lowest BCUT2D eigenvalue weighted by Crippen LogP contribution is -2.56. The van der Waals surface area contributed by atoms with Crippen molar-refractivity contribution in [1.29, 1.82) is 0 Å². The molecule has 4 heteroatoms. The number of carbonyl (C=O) groups excluding carboxylic acids is 1. The first-order valence-corrected chi connectivity index (χ1v) is 13.1. The zero-order valence-corrected chi connectivity index (χ0v) is 20.3. The van der Waals surface area contributed by atoms with Crippen LogP contribution in [0.2, 0.25) is 0 Å². The Morgan fingerprint density at radius 1 is 0.971 bits per heavy atom. The second-order valence-electron chi connectivity index (χ2n) is 11.1. The van der Waals surface area contributed by atoms with Crippen LogP contribution in [0.5, 0.6) is 0 Å². The van der Waals surface area contributed by atoms with Gasteiger partial charge in [0, 0.05) is 11.6 Å². The number of rotatable bonds is 6. The molecule has 2 aromatic carbocycles. The van der Waals surface area contributed by atoms with Gasteiger partial charge in [0.15, 0.2) is 0 Å². The third-order valence-electron chi connectivity index (χ3n) is 8.93. The first kappa shape index (κ1) is 21.6. The van der Waals surface area contributed by atoms with Gasteiger partial charge in [0.2, 0.25) is 0 Å². The fourth-order valence-electron chi connectivity index (χ4n) is 7.92. The van der Waals surface area contributed by atoms with Gasteiger partial charge in [-0.1, -0.05) is 55.5 Å². The van der Waals surface area contributed by atoms with Crippen molar-refractivity contribution in [1.82, 2.24) is 15.1 Å². The largest absolute Gasteiger partial charge is 0.349 e. The summed E-state index contributed by atoms with van der Waals surface area (Å²) in [5.74, 6) is 2.65. The van der Waals surface area contributed by atoms with Crippen LogP contribution in [0, 0.1) is 30.1 Å². The maximum atomic E-state index is 14.0. The highest BCUT2D eigenvalue weighted by molar-refractivity contribution is 6.01. The zero-order chi connectivity index (χ0) is 23.3. The zero-order valence-electron chi connectivity index (χ0n) is 20.3. The lowest BCUT2D eigenvalue weighted by molar-refractivity contribution is -0.0727. The maximum Gasteiger partial charge on any atom is 0.255 e. The van der Waals surface area contributed by atoms with Gasteiger partial charge in [-0.15, -0.1) is 0 Å². The van der Waals surface area contributed by atoms with E-state index in [4.69, 9.17) is 5.10 Å². The number of benzene rings is 2. The summed E-state index contributed by atoms with van der Waals surface area (Å²) >= 11 is 0. The number of hydrogen-bond donors (Lipinski definition) is 1. The number of carbonyl (C=O) groups is 1. The summed E-state index contributed by atoms with van der Waals surface area (Å²) in [5.41, 5.74) is 4.61. The predicted molar refractivity (Wildman–Crippen MR) is 136 cm³/mol. The van der Waals surface area contributed by atoms with Crippen LogP contribution in [0.3, 0.4) is 0 Å². The van der Waals surface area contributed by atoms with Gasteiger partial charge >= 0.3 is 0 Å². The molecule has 0 saturated heterocycles. The molecule has 0 aliphatic heterocycles. The first-order valence-electron chi connectivity index (χ1n) is 13.1. The summed E-state index contributed by atoms with van der Waals surface area (Å²) in [5, 5.41) is 8.52. The van der Waals surface area contributed by atoms with E-state index in [9.17, 15) is 4.79 Å². The van der Waals surface area contributed by atoms with Crippen LogP contribution in [0.4, 0.5) is 0 Å². The highest BCUT2D eigenvalue weighted by Gasteiger charge is 2.54. The molecule has 4 saturated carbocycles. The quantitative estimate of drug-likeness (QED) is 0.459. The van der Waals surface area contributed by atoms with Crippen molar-refractivity contribution in [3.05, 3.63) is 71.9 Å². The standard InChI is InChI=1S/C30H35N3O/c1-3-26(30-17-21-14-22(18-30)16-23(15-21)19-30)31-29(34)27-20(2)33(25-12-8-5-9-13-25)32-28(27)24-10-6-4-7-11-24/h4-13,21-23,26H,3,14-19H2,1-2H3,(H,31,34). The average molecular weight is 454 g/mol. The minimum Gasteiger partial charge on any atom is -0.349 e. The van der Waals surface area contributed by atoms with E-state index in [0.29, 0.717) is 5.56 Å². The normalized spacial score (nSPS) is 28.1. The molecule has 0 spiro atoms. The molecule has 1 heterocycles. The van der Waals surface area contributed by atoms with Crippen LogP contribution in [0.1, 0.15) is 67.9 Å².